The minimum absolute atomic E-state index is 0.0212. The molecule has 0 aliphatic carbocycles. The number of aryl methyl sites for hydroxylation is 1. The van der Waals surface area contributed by atoms with Crippen molar-refractivity contribution in [2.75, 3.05) is 18.9 Å². The van der Waals surface area contributed by atoms with E-state index in [0.29, 0.717) is 10.7 Å². The van der Waals surface area contributed by atoms with Crippen molar-refractivity contribution in [1.82, 2.24) is 9.29 Å². The first-order valence-electron chi connectivity index (χ1n) is 6.99. The molecule has 0 bridgehead atoms. The lowest BCUT2D eigenvalue weighted by Gasteiger charge is -2.16. The van der Waals surface area contributed by atoms with E-state index in [0.717, 1.165) is 10.00 Å². The molecular formula is C15H17N3O4S2. The van der Waals surface area contributed by atoms with Gasteiger partial charge in [0.2, 0.25) is 15.9 Å². The van der Waals surface area contributed by atoms with Gasteiger partial charge in [-0.2, -0.15) is 4.31 Å². The zero-order valence-electron chi connectivity index (χ0n) is 13.4. The van der Waals surface area contributed by atoms with Crippen LogP contribution in [0.25, 0.3) is 0 Å². The van der Waals surface area contributed by atoms with Crippen molar-refractivity contribution in [2.45, 2.75) is 18.7 Å². The van der Waals surface area contributed by atoms with Gasteiger partial charge >= 0.3 is 0 Å². The van der Waals surface area contributed by atoms with Crippen LogP contribution in [0, 0.1) is 6.92 Å². The first kappa shape index (κ1) is 18.2. The van der Waals surface area contributed by atoms with Gasteiger partial charge in [0.05, 0.1) is 17.1 Å². The van der Waals surface area contributed by atoms with E-state index in [1.54, 1.807) is 12.3 Å². The summed E-state index contributed by atoms with van der Waals surface area (Å²) in [5.41, 5.74) is 1.20. The van der Waals surface area contributed by atoms with Gasteiger partial charge in [-0.15, -0.1) is 11.3 Å². The van der Waals surface area contributed by atoms with Crippen LogP contribution in [0.3, 0.4) is 0 Å². The number of sulfonamides is 1. The second kappa shape index (κ2) is 7.20. The van der Waals surface area contributed by atoms with Gasteiger partial charge in [-0.3, -0.25) is 9.59 Å². The Bertz CT molecular complexity index is 857. The van der Waals surface area contributed by atoms with Crippen LogP contribution >= 0.6 is 11.3 Å². The highest BCUT2D eigenvalue weighted by Gasteiger charge is 2.23. The first-order chi connectivity index (χ1) is 11.2. The number of ketones is 1. The van der Waals surface area contributed by atoms with Gasteiger partial charge in [0.1, 0.15) is 0 Å². The molecule has 0 spiro atoms. The van der Waals surface area contributed by atoms with Crippen molar-refractivity contribution in [3.63, 3.8) is 0 Å². The van der Waals surface area contributed by atoms with Gasteiger partial charge in [-0.1, -0.05) is 12.1 Å². The molecule has 0 saturated heterocycles. The van der Waals surface area contributed by atoms with Gasteiger partial charge in [0, 0.05) is 18.0 Å². The van der Waals surface area contributed by atoms with Crippen molar-refractivity contribution in [1.29, 1.82) is 0 Å². The number of rotatable bonds is 6. The van der Waals surface area contributed by atoms with Crippen LogP contribution in [0.2, 0.25) is 0 Å². The highest BCUT2D eigenvalue weighted by molar-refractivity contribution is 7.89. The number of nitrogens with one attached hydrogen (secondary N) is 1. The number of anilines is 1. The van der Waals surface area contributed by atoms with Gasteiger partial charge in [-0.25, -0.2) is 13.4 Å². The van der Waals surface area contributed by atoms with Gasteiger partial charge in [-0.05, 0) is 26.0 Å². The molecule has 0 aliphatic rings. The Morgan fingerprint density at radius 2 is 1.88 bits per heavy atom. The number of carbonyl (C=O) groups is 2. The van der Waals surface area contributed by atoms with E-state index in [9.17, 15) is 18.0 Å². The van der Waals surface area contributed by atoms with Crippen LogP contribution in [-0.2, 0) is 14.8 Å². The molecule has 0 fully saturated rings. The molecule has 9 heteroatoms. The highest BCUT2D eigenvalue weighted by atomic mass is 32.2. The summed E-state index contributed by atoms with van der Waals surface area (Å²) in [4.78, 5) is 27.3. The fourth-order valence-electron chi connectivity index (χ4n) is 1.90. The lowest BCUT2D eigenvalue weighted by Crippen LogP contribution is -2.35. The Kier molecular flexibility index (Phi) is 5.47. The lowest BCUT2D eigenvalue weighted by molar-refractivity contribution is -0.116. The summed E-state index contributed by atoms with van der Waals surface area (Å²) in [5, 5.41) is 4.77. The summed E-state index contributed by atoms with van der Waals surface area (Å²) in [7, 11) is -2.50. The summed E-state index contributed by atoms with van der Waals surface area (Å²) in [5.74, 6) is -0.624. The standard InChI is InChI=1S/C15H17N3O4S2/c1-10-9-23-15(16-10)17-14(20)8-18(3)24(21,22)13-6-4-12(5-7-13)11(2)19/h4-7,9H,8H2,1-3H3,(H,16,17,20). The molecule has 2 rings (SSSR count). The summed E-state index contributed by atoms with van der Waals surface area (Å²) in [6.45, 7) is 2.86. The predicted molar refractivity (Wildman–Crippen MR) is 91.7 cm³/mol. The SMILES string of the molecule is CC(=O)c1ccc(S(=O)(=O)N(C)CC(=O)Nc2nc(C)cs2)cc1. The minimum atomic E-state index is -3.82. The van der Waals surface area contributed by atoms with E-state index in [1.807, 2.05) is 0 Å². The Labute approximate surface area is 144 Å². The third kappa shape index (κ3) is 4.25. The zero-order chi connectivity index (χ0) is 17.9. The molecule has 2 aromatic rings. The smallest absolute Gasteiger partial charge is 0.243 e. The van der Waals surface area contributed by atoms with E-state index in [4.69, 9.17) is 0 Å². The van der Waals surface area contributed by atoms with Crippen LogP contribution in [0.1, 0.15) is 23.0 Å². The summed E-state index contributed by atoms with van der Waals surface area (Å²) >= 11 is 1.27. The second-order valence-corrected chi connectivity index (χ2v) is 8.09. The van der Waals surface area contributed by atoms with Crippen LogP contribution in [0.5, 0.6) is 0 Å². The minimum Gasteiger partial charge on any atom is -0.301 e. The van der Waals surface area contributed by atoms with E-state index >= 15 is 0 Å². The predicted octanol–water partition coefficient (Wildman–Crippen LogP) is 1.91. The fourth-order valence-corrected chi connectivity index (χ4v) is 3.73. The number of carbonyl (C=O) groups excluding carboxylic acids is 2. The third-order valence-electron chi connectivity index (χ3n) is 3.20. The van der Waals surface area contributed by atoms with E-state index in [1.165, 1.54) is 49.6 Å². The Morgan fingerprint density at radius 1 is 1.25 bits per heavy atom. The van der Waals surface area contributed by atoms with Gasteiger partial charge in [0.15, 0.2) is 10.9 Å². The normalized spacial score (nSPS) is 11.5. The molecule has 0 radical (unpaired) electrons. The number of hydrogen-bond acceptors (Lipinski definition) is 6. The van der Waals surface area contributed by atoms with E-state index in [-0.39, 0.29) is 17.2 Å². The maximum absolute atomic E-state index is 12.5. The van der Waals surface area contributed by atoms with E-state index in [2.05, 4.69) is 10.3 Å². The number of nitrogens with zero attached hydrogens (tertiary/aromatic N) is 2. The molecule has 0 atom stereocenters. The highest BCUT2D eigenvalue weighted by Crippen LogP contribution is 2.17. The number of amides is 1. The maximum Gasteiger partial charge on any atom is 0.243 e. The Hall–Kier alpha value is -2.10. The number of likely N-dealkylation sites (N-methyl/N-ethyl adjacent to an activating group) is 1. The second-order valence-electron chi connectivity index (χ2n) is 5.18. The lowest BCUT2D eigenvalue weighted by atomic mass is 10.2. The summed E-state index contributed by atoms with van der Waals surface area (Å²) in [6.07, 6.45) is 0. The number of hydrogen-bond donors (Lipinski definition) is 1. The van der Waals surface area contributed by atoms with Gasteiger partial charge in [0.25, 0.3) is 0 Å². The molecule has 0 unspecified atom stereocenters. The fraction of sp³-hybridized carbons (Fsp3) is 0.267. The molecule has 0 saturated carbocycles. The summed E-state index contributed by atoms with van der Waals surface area (Å²) < 4.78 is 25.9. The average molecular weight is 367 g/mol. The number of benzene rings is 1. The first-order valence-corrected chi connectivity index (χ1v) is 9.31. The molecule has 1 amide bonds. The topological polar surface area (TPSA) is 96.4 Å². The zero-order valence-corrected chi connectivity index (χ0v) is 15.1. The van der Waals surface area contributed by atoms with Gasteiger partial charge < -0.3 is 5.32 Å². The van der Waals surface area contributed by atoms with Crippen LogP contribution in [-0.4, -0.2) is 43.0 Å². The number of aromatic nitrogens is 1. The van der Waals surface area contributed by atoms with Crippen molar-refractivity contribution in [3.8, 4) is 0 Å². The number of Topliss-reactive ketones (excluding diaryl/α,β-unsaturated/α-hetero) is 1. The average Bonchev–Trinajstić information content (AvgIpc) is 2.92. The molecule has 1 heterocycles. The maximum atomic E-state index is 12.5. The quantitative estimate of drug-likeness (QED) is 0.787. The molecule has 1 aromatic carbocycles. The Balaban J connectivity index is 2.07. The molecule has 1 N–H and O–H groups in total. The van der Waals surface area contributed by atoms with E-state index < -0.39 is 15.9 Å². The van der Waals surface area contributed by atoms with Crippen molar-refractivity contribution in [2.24, 2.45) is 0 Å². The molecule has 0 aliphatic heterocycles. The van der Waals surface area contributed by atoms with Crippen LogP contribution < -0.4 is 5.32 Å². The molecule has 24 heavy (non-hydrogen) atoms. The Morgan fingerprint density at radius 3 is 2.38 bits per heavy atom. The molecule has 7 nitrogen and oxygen atoms in total. The third-order valence-corrected chi connectivity index (χ3v) is 5.89. The summed E-state index contributed by atoms with van der Waals surface area (Å²) in [6, 6.07) is 5.60. The molecular weight excluding hydrogens is 350 g/mol. The van der Waals surface area contributed by atoms with Crippen molar-refractivity contribution < 1.29 is 18.0 Å². The monoisotopic (exact) mass is 367 g/mol. The van der Waals surface area contributed by atoms with Crippen molar-refractivity contribution >= 4 is 38.2 Å². The molecule has 128 valence electrons. The van der Waals surface area contributed by atoms with Crippen LogP contribution in [0.4, 0.5) is 5.13 Å². The molecule has 1 aromatic heterocycles. The van der Waals surface area contributed by atoms with Crippen LogP contribution in [0.15, 0.2) is 34.5 Å². The van der Waals surface area contributed by atoms with Crippen molar-refractivity contribution in [3.05, 3.63) is 40.9 Å². The number of thiazole rings is 1. The largest absolute Gasteiger partial charge is 0.301 e.